The first-order valence-corrected chi connectivity index (χ1v) is 11.6. The molecule has 1 aliphatic carbocycles. The molecule has 1 saturated carbocycles. The highest BCUT2D eigenvalue weighted by Crippen LogP contribution is 2.47. The van der Waals surface area contributed by atoms with Crippen LogP contribution in [0, 0.1) is 11.3 Å². The Morgan fingerprint density at radius 1 is 1.28 bits per heavy atom. The first-order valence-electron chi connectivity index (χ1n) is 11.6. The van der Waals surface area contributed by atoms with E-state index in [4.69, 9.17) is 14.2 Å². The minimum absolute atomic E-state index is 0.0970. The zero-order chi connectivity index (χ0) is 23.5. The summed E-state index contributed by atoms with van der Waals surface area (Å²) in [6, 6.07) is 5.86. The van der Waals surface area contributed by atoms with E-state index in [9.17, 15) is 14.7 Å². The molecular weight excluding hydrogens is 410 g/mol. The van der Waals surface area contributed by atoms with Crippen LogP contribution in [0.5, 0.6) is 11.5 Å². The second-order valence-electron chi connectivity index (χ2n) is 9.50. The van der Waals surface area contributed by atoms with E-state index in [0.717, 1.165) is 12.0 Å². The van der Waals surface area contributed by atoms with E-state index in [1.54, 1.807) is 18.9 Å². The van der Waals surface area contributed by atoms with Crippen LogP contribution in [0.1, 0.15) is 64.9 Å². The highest BCUT2D eigenvalue weighted by atomic mass is 16.5. The van der Waals surface area contributed by atoms with Crippen LogP contribution in [0.25, 0.3) is 0 Å². The molecule has 0 aromatic heterocycles. The summed E-state index contributed by atoms with van der Waals surface area (Å²) in [4.78, 5) is 26.5. The molecule has 1 aromatic carbocycles. The lowest BCUT2D eigenvalue weighted by Gasteiger charge is -2.34. The minimum atomic E-state index is -0.789. The monoisotopic (exact) mass is 447 g/mol. The van der Waals surface area contributed by atoms with Crippen LogP contribution in [-0.2, 0) is 14.3 Å². The number of carbonyl (C=O) groups excluding carboxylic acids is 2. The Kier molecular flexibility index (Phi) is 7.70. The Labute approximate surface area is 191 Å². The van der Waals surface area contributed by atoms with Gasteiger partial charge in [-0.05, 0) is 49.8 Å². The van der Waals surface area contributed by atoms with Gasteiger partial charge < -0.3 is 24.2 Å². The average Bonchev–Trinajstić information content (AvgIpc) is 3.51. The summed E-state index contributed by atoms with van der Waals surface area (Å²) < 4.78 is 16.8. The maximum absolute atomic E-state index is 13.2. The lowest BCUT2D eigenvalue weighted by atomic mass is 9.72. The molecule has 7 heteroatoms. The number of aliphatic hydroxyl groups is 1. The van der Waals surface area contributed by atoms with E-state index in [2.05, 4.69) is 0 Å². The van der Waals surface area contributed by atoms with E-state index in [-0.39, 0.29) is 11.8 Å². The molecule has 1 aromatic rings. The highest BCUT2D eigenvalue weighted by molar-refractivity contribution is 5.84. The topological polar surface area (TPSA) is 85.3 Å². The molecule has 1 saturated heterocycles. The molecular formula is C25H37NO6. The number of likely N-dealkylation sites (tertiary alicyclic amines) is 1. The van der Waals surface area contributed by atoms with Crippen LogP contribution in [0.3, 0.4) is 0 Å². The zero-order valence-corrected chi connectivity index (χ0v) is 19.9. The number of hydrogen-bond acceptors (Lipinski definition) is 6. The molecule has 3 rings (SSSR count). The molecule has 2 unspecified atom stereocenters. The fraction of sp³-hybridized carbons (Fsp3) is 0.680. The van der Waals surface area contributed by atoms with Gasteiger partial charge >= 0.3 is 5.97 Å². The summed E-state index contributed by atoms with van der Waals surface area (Å²) in [7, 11) is 1.62. The molecule has 0 radical (unpaired) electrons. The van der Waals surface area contributed by atoms with E-state index in [1.807, 2.05) is 32.0 Å². The molecule has 1 aliphatic heterocycles. The Balaban J connectivity index is 1.86. The quantitative estimate of drug-likeness (QED) is 0.553. The summed E-state index contributed by atoms with van der Waals surface area (Å²) >= 11 is 0. The van der Waals surface area contributed by atoms with Crippen LogP contribution in [0.2, 0.25) is 0 Å². The fourth-order valence-corrected chi connectivity index (χ4v) is 4.51. The average molecular weight is 448 g/mol. The van der Waals surface area contributed by atoms with Crippen molar-refractivity contribution in [3.63, 3.8) is 0 Å². The van der Waals surface area contributed by atoms with Gasteiger partial charge in [-0.1, -0.05) is 26.3 Å². The van der Waals surface area contributed by atoms with Crippen LogP contribution in [0.15, 0.2) is 18.2 Å². The molecule has 0 bridgehead atoms. The van der Waals surface area contributed by atoms with Crippen LogP contribution in [0.4, 0.5) is 0 Å². The third-order valence-corrected chi connectivity index (χ3v) is 6.89. The van der Waals surface area contributed by atoms with Gasteiger partial charge in [-0.3, -0.25) is 9.59 Å². The fourth-order valence-electron chi connectivity index (χ4n) is 4.51. The van der Waals surface area contributed by atoms with Crippen molar-refractivity contribution >= 4 is 11.9 Å². The number of rotatable bonds is 10. The Morgan fingerprint density at radius 2 is 2.00 bits per heavy atom. The Morgan fingerprint density at radius 3 is 2.56 bits per heavy atom. The van der Waals surface area contributed by atoms with Crippen LogP contribution >= 0.6 is 0 Å². The van der Waals surface area contributed by atoms with Crippen LogP contribution < -0.4 is 9.47 Å². The molecule has 1 amide bonds. The molecule has 7 nitrogen and oxygen atoms in total. The van der Waals surface area contributed by atoms with Gasteiger partial charge in [0.25, 0.3) is 5.91 Å². The summed E-state index contributed by atoms with van der Waals surface area (Å²) in [6.45, 7) is 8.55. The lowest BCUT2D eigenvalue weighted by Crippen LogP contribution is -2.42. The highest BCUT2D eigenvalue weighted by Gasteiger charge is 2.49. The first kappa shape index (κ1) is 24.4. The SMILES string of the molecule is CCCC(OC(C)=O)C(=O)N1C[C@@H](c2ccc(OC)c(OCC3CC3)c2)[C@](C)(C(C)O)C1. The summed E-state index contributed by atoms with van der Waals surface area (Å²) in [5, 5.41) is 10.7. The first-order chi connectivity index (χ1) is 15.2. The Hall–Kier alpha value is -2.28. The minimum Gasteiger partial charge on any atom is -0.493 e. The molecule has 2 aliphatic rings. The number of methoxy groups -OCH3 is 1. The van der Waals surface area contributed by atoms with Gasteiger partial charge in [-0.25, -0.2) is 0 Å². The lowest BCUT2D eigenvalue weighted by molar-refractivity contribution is -0.158. The van der Waals surface area contributed by atoms with E-state index < -0.39 is 23.6 Å². The molecule has 4 atom stereocenters. The van der Waals surface area contributed by atoms with Gasteiger partial charge in [0.05, 0.1) is 19.8 Å². The van der Waals surface area contributed by atoms with E-state index in [0.29, 0.717) is 43.5 Å². The second kappa shape index (κ2) is 10.1. The molecule has 1 heterocycles. The van der Waals surface area contributed by atoms with Gasteiger partial charge in [-0.15, -0.1) is 0 Å². The number of benzene rings is 1. The van der Waals surface area contributed by atoms with E-state index in [1.165, 1.54) is 19.8 Å². The van der Waals surface area contributed by atoms with Crippen molar-refractivity contribution in [1.82, 2.24) is 4.90 Å². The maximum atomic E-state index is 13.2. The van der Waals surface area contributed by atoms with Gasteiger partial charge in [-0.2, -0.15) is 0 Å². The number of esters is 1. The number of carbonyl (C=O) groups is 2. The van der Waals surface area contributed by atoms with Gasteiger partial charge in [0.1, 0.15) is 0 Å². The largest absolute Gasteiger partial charge is 0.493 e. The van der Waals surface area contributed by atoms with Crippen molar-refractivity contribution < 1.29 is 28.9 Å². The number of aliphatic hydroxyl groups excluding tert-OH is 1. The molecule has 0 spiro atoms. The normalized spacial score (nSPS) is 24.7. The summed E-state index contributed by atoms with van der Waals surface area (Å²) in [5.41, 5.74) is 0.445. The molecule has 178 valence electrons. The van der Waals surface area contributed by atoms with Crippen molar-refractivity contribution in [1.29, 1.82) is 0 Å². The number of ether oxygens (including phenoxy) is 3. The summed E-state index contributed by atoms with van der Waals surface area (Å²) in [5.74, 6) is 1.23. The van der Waals surface area contributed by atoms with Crippen molar-refractivity contribution in [3.8, 4) is 11.5 Å². The van der Waals surface area contributed by atoms with Crippen molar-refractivity contribution in [2.75, 3.05) is 26.8 Å². The second-order valence-corrected chi connectivity index (χ2v) is 9.50. The molecule has 2 fully saturated rings. The summed E-state index contributed by atoms with van der Waals surface area (Å²) in [6.07, 6.45) is 2.18. The number of nitrogens with zero attached hydrogens (tertiary/aromatic N) is 1. The van der Waals surface area contributed by atoms with Gasteiger partial charge in [0, 0.05) is 31.3 Å². The van der Waals surface area contributed by atoms with Crippen molar-refractivity contribution in [2.45, 2.75) is 71.5 Å². The van der Waals surface area contributed by atoms with Gasteiger partial charge in [0.15, 0.2) is 17.6 Å². The predicted octanol–water partition coefficient (Wildman–Crippen LogP) is 3.53. The third-order valence-electron chi connectivity index (χ3n) is 6.89. The third kappa shape index (κ3) is 5.37. The number of hydrogen-bond donors (Lipinski definition) is 1. The molecule has 1 N–H and O–H groups in total. The Bertz CT molecular complexity index is 821. The predicted molar refractivity (Wildman–Crippen MR) is 121 cm³/mol. The number of amides is 1. The van der Waals surface area contributed by atoms with E-state index >= 15 is 0 Å². The van der Waals surface area contributed by atoms with Gasteiger partial charge in [0.2, 0.25) is 0 Å². The maximum Gasteiger partial charge on any atom is 0.303 e. The van der Waals surface area contributed by atoms with Crippen molar-refractivity contribution in [3.05, 3.63) is 23.8 Å². The zero-order valence-electron chi connectivity index (χ0n) is 19.9. The standard InChI is InChI=1S/C25H37NO6/c1-6-7-22(32-17(3)28)24(29)26-13-20(25(4,15-26)16(2)27)19-10-11-21(30-5)23(12-19)31-14-18-8-9-18/h10-12,16,18,20,22,27H,6-9,13-15H2,1-5H3/t16?,20-,22?,25-/m0/s1. The smallest absolute Gasteiger partial charge is 0.303 e. The molecule has 32 heavy (non-hydrogen) atoms. The van der Waals surface area contributed by atoms with Crippen molar-refractivity contribution in [2.24, 2.45) is 11.3 Å². The van der Waals surface area contributed by atoms with Crippen LogP contribution in [-0.4, -0.2) is 60.9 Å².